The monoisotopic (exact) mass is 1320 g/mol. The van der Waals surface area contributed by atoms with E-state index in [4.69, 9.17) is 11.5 Å². The van der Waals surface area contributed by atoms with Gasteiger partial charge in [-0.1, -0.05) is 352 Å². The van der Waals surface area contributed by atoms with E-state index >= 15 is 0 Å². The summed E-state index contributed by atoms with van der Waals surface area (Å²) in [6, 6.07) is 103. The average molecular weight is 1320 g/mol. The number of hydrogen-bond donors (Lipinski definition) is 2. The van der Waals surface area contributed by atoms with Crippen LogP contribution in [0.25, 0.3) is 59.4 Å². The Kier molecular flexibility index (Phi) is 21.8. The summed E-state index contributed by atoms with van der Waals surface area (Å²) in [5, 5.41) is 0. The number of rotatable bonds is 22. The molecule has 0 aliphatic heterocycles. The molecule has 0 aromatic heterocycles. The quantitative estimate of drug-likeness (QED) is 0.0524. The second kappa shape index (κ2) is 32.7. The van der Waals surface area contributed by atoms with Gasteiger partial charge in [-0.05, 0) is 177 Å². The predicted octanol–water partition coefficient (Wildman–Crippen LogP) is 24.8. The fourth-order valence-electron chi connectivity index (χ4n) is 12.7. The number of nitrogens with two attached hydrogens (primary N) is 2. The number of anilines is 4. The SMILES string of the molecule is Cc1ccc(N(C2=CCC(C)(/C=C/c3ccc(/C=C/c4ccc(N(C5=CCC=C(/C=C(\N)c6ccc(/C=C/C(N)=C(c7ccccc7)c7ccccc7)cc6)C=C5)c5ccc(C)cc5)cc4)cc3)C=C2)c2ccc(/C=C/c3ccc(/C=C/C=C(c4ccccc4)c4ccccc4)cc3)cc2)cc1. The first-order valence-corrected chi connectivity index (χ1v) is 35.0. The maximum absolute atomic E-state index is 6.81. The van der Waals surface area contributed by atoms with Crippen LogP contribution in [0.1, 0.15) is 97.7 Å². The summed E-state index contributed by atoms with van der Waals surface area (Å²) >= 11 is 0. The largest absolute Gasteiger partial charge is 0.398 e. The van der Waals surface area contributed by atoms with Crippen LogP contribution in [0.2, 0.25) is 0 Å². The topological polar surface area (TPSA) is 58.5 Å². The first-order chi connectivity index (χ1) is 50.0. The summed E-state index contributed by atoms with van der Waals surface area (Å²) in [6.45, 7) is 6.57. The Morgan fingerprint density at radius 3 is 1.19 bits per heavy atom. The van der Waals surface area contributed by atoms with Crippen molar-refractivity contribution in [3.63, 3.8) is 0 Å². The van der Waals surface area contributed by atoms with Crippen molar-refractivity contribution in [2.75, 3.05) is 9.80 Å². The zero-order valence-electron chi connectivity index (χ0n) is 58.1. The molecule has 4 nitrogen and oxygen atoms in total. The van der Waals surface area contributed by atoms with Gasteiger partial charge in [0.25, 0.3) is 0 Å². The van der Waals surface area contributed by atoms with Crippen LogP contribution in [0, 0.1) is 19.3 Å². The van der Waals surface area contributed by atoms with E-state index in [1.54, 1.807) is 0 Å². The Hall–Kier alpha value is -12.8. The second-order valence-corrected chi connectivity index (χ2v) is 26.2. The predicted molar refractivity (Wildman–Crippen MR) is 439 cm³/mol. The van der Waals surface area contributed by atoms with Gasteiger partial charge in [0.1, 0.15) is 0 Å². The molecule has 0 bridgehead atoms. The molecule has 0 spiro atoms. The first kappa shape index (κ1) is 67.8. The van der Waals surface area contributed by atoms with Crippen molar-refractivity contribution in [3.8, 4) is 0 Å². The van der Waals surface area contributed by atoms with Crippen molar-refractivity contribution in [1.29, 1.82) is 0 Å². The van der Waals surface area contributed by atoms with Gasteiger partial charge >= 0.3 is 0 Å². The summed E-state index contributed by atoms with van der Waals surface area (Å²) in [5.41, 5.74) is 40.6. The molecule has 0 amide bonds. The molecule has 0 saturated heterocycles. The molecule has 0 radical (unpaired) electrons. The molecule has 0 heterocycles. The van der Waals surface area contributed by atoms with Gasteiger partial charge in [0.2, 0.25) is 0 Å². The highest BCUT2D eigenvalue weighted by Gasteiger charge is 2.23. The molecule has 0 fully saturated rings. The van der Waals surface area contributed by atoms with E-state index in [0.717, 1.165) is 114 Å². The van der Waals surface area contributed by atoms with E-state index in [0.29, 0.717) is 11.4 Å². The summed E-state index contributed by atoms with van der Waals surface area (Å²) in [6.07, 6.45) is 43.4. The van der Waals surface area contributed by atoms with Crippen LogP contribution in [0.5, 0.6) is 0 Å². The van der Waals surface area contributed by atoms with E-state index in [-0.39, 0.29) is 5.41 Å². The second-order valence-electron chi connectivity index (χ2n) is 26.2. The minimum absolute atomic E-state index is 0.146. The van der Waals surface area contributed by atoms with Gasteiger partial charge in [-0.25, -0.2) is 0 Å². The normalized spacial score (nSPS) is 14.6. The van der Waals surface area contributed by atoms with Crippen LogP contribution in [-0.4, -0.2) is 0 Å². The van der Waals surface area contributed by atoms with Crippen LogP contribution in [0.15, 0.2) is 387 Å². The van der Waals surface area contributed by atoms with Crippen molar-refractivity contribution in [2.24, 2.45) is 16.9 Å². The van der Waals surface area contributed by atoms with Crippen molar-refractivity contribution in [1.82, 2.24) is 0 Å². The molecular weight excluding hydrogens is 1230 g/mol. The minimum atomic E-state index is -0.146. The molecule has 2 aliphatic rings. The van der Waals surface area contributed by atoms with Gasteiger partial charge in [-0.2, -0.15) is 0 Å². The van der Waals surface area contributed by atoms with Crippen molar-refractivity contribution >= 4 is 82.1 Å². The zero-order chi connectivity index (χ0) is 69.9. The van der Waals surface area contributed by atoms with Gasteiger partial charge < -0.3 is 21.3 Å². The average Bonchev–Trinajstić information content (AvgIpc) is 1.22. The van der Waals surface area contributed by atoms with E-state index in [2.05, 4.69) is 395 Å². The number of benzene rings is 11. The molecule has 0 saturated carbocycles. The molecule has 4 N–H and O–H groups in total. The minimum Gasteiger partial charge on any atom is -0.398 e. The Labute approximate surface area is 603 Å². The van der Waals surface area contributed by atoms with E-state index in [1.165, 1.54) is 27.8 Å². The van der Waals surface area contributed by atoms with Crippen LogP contribution in [-0.2, 0) is 0 Å². The Morgan fingerprint density at radius 2 is 0.745 bits per heavy atom. The molecule has 1 unspecified atom stereocenters. The van der Waals surface area contributed by atoms with Gasteiger partial charge in [0.15, 0.2) is 0 Å². The molecule has 2 aliphatic carbocycles. The molecule has 1 atom stereocenters. The van der Waals surface area contributed by atoms with Crippen molar-refractivity contribution < 1.29 is 0 Å². The molecule has 11 aromatic carbocycles. The highest BCUT2D eigenvalue weighted by molar-refractivity contribution is 5.85. The van der Waals surface area contributed by atoms with Crippen LogP contribution >= 0.6 is 0 Å². The third-order valence-corrected chi connectivity index (χ3v) is 18.5. The summed E-state index contributed by atoms with van der Waals surface area (Å²) < 4.78 is 0. The first-order valence-electron chi connectivity index (χ1n) is 35.0. The van der Waals surface area contributed by atoms with Gasteiger partial charge in [-0.15, -0.1) is 0 Å². The number of aryl methyl sites for hydroxylation is 2. The van der Waals surface area contributed by atoms with Gasteiger partial charge in [-0.3, -0.25) is 0 Å². The molecule has 102 heavy (non-hydrogen) atoms. The van der Waals surface area contributed by atoms with E-state index in [9.17, 15) is 0 Å². The molecule has 13 rings (SSSR count). The van der Waals surface area contributed by atoms with E-state index in [1.807, 2.05) is 42.5 Å². The Balaban J connectivity index is 0.621. The molecule has 11 aromatic rings. The molecule has 496 valence electrons. The third-order valence-electron chi connectivity index (χ3n) is 18.5. The summed E-state index contributed by atoms with van der Waals surface area (Å²) in [5.74, 6) is 0. The lowest BCUT2D eigenvalue weighted by atomic mass is 9.82. The smallest absolute Gasteiger partial charge is 0.0461 e. The summed E-state index contributed by atoms with van der Waals surface area (Å²) in [4.78, 5) is 4.68. The summed E-state index contributed by atoms with van der Waals surface area (Å²) in [7, 11) is 0. The third kappa shape index (κ3) is 17.7. The van der Waals surface area contributed by atoms with Crippen LogP contribution in [0.4, 0.5) is 22.7 Å². The number of hydrogen-bond acceptors (Lipinski definition) is 4. The number of allylic oxidation sites excluding steroid dienone is 13. The lowest BCUT2D eigenvalue weighted by Gasteiger charge is -2.31. The van der Waals surface area contributed by atoms with Gasteiger partial charge in [0, 0.05) is 56.5 Å². The maximum atomic E-state index is 6.81. The number of nitrogens with zero attached hydrogens (tertiary/aromatic N) is 2. The standard InChI is InChI=1S/C98H84N4/c1-73-30-56-89(57-31-73)101(88-28-16-19-82(52-64-88)72-96(100)85-54-46-80(47-55-85)53-65-95(99)97(86-24-12-6-13-25-86)87-26-14-7-15-27-87)91-60-48-78(49-61-91)41-39-77-42-44-81(45-43-77)66-69-98(3)70-67-93(68-71-98)102(90-58-32-74(2)33-59-90)92-62-50-79(51-63-92)40-38-76-36-34-75(35-37-76)18-17-29-94(83-20-8-4-9-21-83)84-22-10-5-11-23-84/h4-15,17-70,72H,16,71,99-100H2,1-3H3/b18-17+,40-38+,41-39+,65-53+,69-66+,96-72-. The maximum Gasteiger partial charge on any atom is 0.0461 e. The fraction of sp³-hybridized carbons (Fsp3) is 0.0612. The van der Waals surface area contributed by atoms with Crippen LogP contribution in [0.3, 0.4) is 0 Å². The highest BCUT2D eigenvalue weighted by Crippen LogP contribution is 2.39. The zero-order valence-corrected chi connectivity index (χ0v) is 58.1. The molecule has 4 heteroatoms. The fourth-order valence-corrected chi connectivity index (χ4v) is 12.7. The van der Waals surface area contributed by atoms with Gasteiger partial charge in [0.05, 0.1) is 0 Å². The lowest BCUT2D eigenvalue weighted by molar-refractivity contribution is 0.555. The lowest BCUT2D eigenvalue weighted by Crippen LogP contribution is -2.20. The Bertz CT molecular complexity index is 5000. The highest BCUT2D eigenvalue weighted by atomic mass is 15.2. The molecular formula is C98H84N4. The van der Waals surface area contributed by atoms with E-state index < -0.39 is 0 Å². The Morgan fingerprint density at radius 1 is 0.363 bits per heavy atom. The van der Waals surface area contributed by atoms with Crippen LogP contribution < -0.4 is 21.3 Å². The van der Waals surface area contributed by atoms with Crippen molar-refractivity contribution in [2.45, 2.75) is 33.6 Å². The van der Waals surface area contributed by atoms with Crippen molar-refractivity contribution in [3.05, 3.63) is 465 Å².